The van der Waals surface area contributed by atoms with E-state index in [9.17, 15) is 4.79 Å². The molecule has 0 aliphatic carbocycles. The van der Waals surface area contributed by atoms with Crippen LogP contribution in [0.1, 0.15) is 56.6 Å². The molecule has 1 unspecified atom stereocenters. The van der Waals surface area contributed by atoms with Crippen molar-refractivity contribution in [1.82, 2.24) is 0 Å². The zero-order valence-electron chi connectivity index (χ0n) is 38.4. The minimum Gasteiger partial charge on any atom is -0.481 e. The monoisotopic (exact) mass is 890 g/mol. The smallest absolute Gasteiger partial charge is 0.303 e. The van der Waals surface area contributed by atoms with Gasteiger partial charge in [-0.1, -0.05) is 36.2 Å². The minimum absolute atomic E-state index is 0.225. The molecule has 0 amide bonds. The number of hydrogen-bond acceptors (Lipinski definition) is 13. The third-order valence-electron chi connectivity index (χ3n) is 10.2. The summed E-state index contributed by atoms with van der Waals surface area (Å²) >= 11 is 0. The van der Waals surface area contributed by atoms with Crippen LogP contribution in [0.3, 0.4) is 0 Å². The van der Waals surface area contributed by atoms with Gasteiger partial charge in [0.1, 0.15) is 6.54 Å². The van der Waals surface area contributed by atoms with Crippen LogP contribution in [0.2, 0.25) is 0 Å². The first-order valence-corrected chi connectivity index (χ1v) is 22.7. The van der Waals surface area contributed by atoms with Gasteiger partial charge < -0.3 is 62.5 Å². The van der Waals surface area contributed by atoms with E-state index in [1.54, 1.807) is 7.11 Å². The minimum atomic E-state index is -0.730. The van der Waals surface area contributed by atoms with Crippen LogP contribution in [0, 0.1) is 6.92 Å². The second kappa shape index (κ2) is 36.0. The third-order valence-corrected chi connectivity index (χ3v) is 10.2. The van der Waals surface area contributed by atoms with E-state index in [1.807, 2.05) is 36.5 Å². The van der Waals surface area contributed by atoms with Gasteiger partial charge in [-0.3, -0.25) is 4.79 Å². The van der Waals surface area contributed by atoms with Gasteiger partial charge >= 0.3 is 5.97 Å². The predicted molar refractivity (Wildman–Crippen MR) is 243 cm³/mol. The maximum Gasteiger partial charge on any atom is 0.303 e. The van der Waals surface area contributed by atoms with Crippen molar-refractivity contribution in [3.8, 4) is 0 Å². The summed E-state index contributed by atoms with van der Waals surface area (Å²) in [4.78, 5) is 11.0. The van der Waals surface area contributed by atoms with Crippen LogP contribution in [0.15, 0.2) is 60.8 Å². The lowest BCUT2D eigenvalue weighted by molar-refractivity contribution is -0.438. The molecule has 15 nitrogen and oxygen atoms in total. The number of allylic oxidation sites excluding steroid dienone is 1. The number of unbranched alkanes of at least 4 members (excludes halogenated alkanes) is 3. The van der Waals surface area contributed by atoms with Crippen LogP contribution in [-0.2, 0) is 62.3 Å². The molecule has 0 bridgehead atoms. The molecule has 1 heterocycles. The SMILES string of the molecule is COCCOCCOCCOCCOCCOCCOCCOCCOCCOCCOCCC1(C)C(/C=C/Nc2ccccc2)=[N+](CCCCCCC(=O)O)c2ccc(C)cc21. The topological polar surface area (TPSA) is 154 Å². The highest BCUT2D eigenvalue weighted by atomic mass is 16.6. The Morgan fingerprint density at radius 2 is 1.05 bits per heavy atom. The number of carbonyl (C=O) groups is 1. The summed E-state index contributed by atoms with van der Waals surface area (Å²) in [6.07, 6.45) is 8.85. The van der Waals surface area contributed by atoms with E-state index in [0.29, 0.717) is 145 Å². The van der Waals surface area contributed by atoms with E-state index in [0.717, 1.165) is 37.9 Å². The highest BCUT2D eigenvalue weighted by Gasteiger charge is 2.47. The zero-order valence-corrected chi connectivity index (χ0v) is 38.4. The van der Waals surface area contributed by atoms with Crippen LogP contribution in [0.5, 0.6) is 0 Å². The second-order valence-electron chi connectivity index (χ2n) is 15.2. The van der Waals surface area contributed by atoms with Crippen LogP contribution in [0.4, 0.5) is 11.4 Å². The Balaban J connectivity index is 1.19. The maximum absolute atomic E-state index is 11.0. The first kappa shape index (κ1) is 54.0. The van der Waals surface area contributed by atoms with E-state index < -0.39 is 5.97 Å². The number of aliphatic carboxylic acids is 1. The number of hydrogen-bond donors (Lipinski definition) is 2. The molecule has 0 radical (unpaired) electrons. The van der Waals surface area contributed by atoms with Gasteiger partial charge in [-0.2, -0.15) is 4.58 Å². The van der Waals surface area contributed by atoms with Crippen LogP contribution >= 0.6 is 0 Å². The molecule has 356 valence electrons. The molecule has 1 aliphatic heterocycles. The number of nitrogens with zero attached hydrogens (tertiary/aromatic N) is 1. The van der Waals surface area contributed by atoms with Gasteiger partial charge in [-0.15, -0.1) is 0 Å². The van der Waals surface area contributed by atoms with Crippen molar-refractivity contribution in [2.45, 2.75) is 57.8 Å². The van der Waals surface area contributed by atoms with E-state index in [-0.39, 0.29) is 11.8 Å². The summed E-state index contributed by atoms with van der Waals surface area (Å²) in [5.41, 5.74) is 5.75. The highest BCUT2D eigenvalue weighted by molar-refractivity contribution is 6.03. The number of carboxylic acids is 1. The number of rotatable bonds is 43. The van der Waals surface area contributed by atoms with Crippen molar-refractivity contribution in [3.63, 3.8) is 0 Å². The maximum atomic E-state index is 11.0. The lowest BCUT2D eigenvalue weighted by atomic mass is 9.76. The van der Waals surface area contributed by atoms with Crippen LogP contribution in [-0.4, -0.2) is 174 Å². The summed E-state index contributed by atoms with van der Waals surface area (Å²) in [7, 11) is 1.65. The number of nitrogens with one attached hydrogen (secondary N) is 1. The van der Waals surface area contributed by atoms with E-state index >= 15 is 0 Å². The van der Waals surface area contributed by atoms with Gasteiger partial charge in [0.15, 0.2) is 5.71 Å². The van der Waals surface area contributed by atoms with E-state index in [2.05, 4.69) is 48.0 Å². The molecule has 0 saturated carbocycles. The van der Waals surface area contributed by atoms with Crippen molar-refractivity contribution < 1.29 is 66.6 Å². The molecule has 1 atom stereocenters. The van der Waals surface area contributed by atoms with E-state index in [1.165, 1.54) is 22.5 Å². The molecule has 2 aromatic rings. The normalized spacial score (nSPS) is 14.9. The molecule has 1 aliphatic rings. The van der Waals surface area contributed by atoms with E-state index in [4.69, 9.17) is 57.2 Å². The van der Waals surface area contributed by atoms with Crippen molar-refractivity contribution in [2.75, 3.05) is 158 Å². The fourth-order valence-electron chi connectivity index (χ4n) is 6.82. The summed E-state index contributed by atoms with van der Waals surface area (Å²) in [6, 6.07) is 16.9. The van der Waals surface area contributed by atoms with Gasteiger partial charge in [0.2, 0.25) is 5.69 Å². The Hall–Kier alpha value is -3.32. The van der Waals surface area contributed by atoms with Gasteiger partial charge in [0.05, 0.1) is 138 Å². The number of methoxy groups -OCH3 is 1. The summed E-state index contributed by atoms with van der Waals surface area (Å²) in [5.74, 6) is -0.730. The predicted octanol–water partition coefficient (Wildman–Crippen LogP) is 6.21. The largest absolute Gasteiger partial charge is 0.481 e. The van der Waals surface area contributed by atoms with Gasteiger partial charge in [0.25, 0.3) is 0 Å². The zero-order chi connectivity index (χ0) is 44.9. The number of anilines is 1. The van der Waals surface area contributed by atoms with Gasteiger partial charge in [0, 0.05) is 56.2 Å². The molecular weight excluding hydrogens is 813 g/mol. The third kappa shape index (κ3) is 24.5. The molecule has 0 fully saturated rings. The average Bonchev–Trinajstić information content (AvgIpc) is 3.50. The molecule has 2 N–H and O–H groups in total. The van der Waals surface area contributed by atoms with Gasteiger partial charge in [-0.05, 0) is 51.3 Å². The Morgan fingerprint density at radius 3 is 1.51 bits per heavy atom. The second-order valence-corrected chi connectivity index (χ2v) is 15.2. The van der Waals surface area contributed by atoms with Crippen molar-refractivity contribution in [1.29, 1.82) is 0 Å². The lowest BCUT2D eigenvalue weighted by Crippen LogP contribution is -2.33. The lowest BCUT2D eigenvalue weighted by Gasteiger charge is -2.23. The quantitative estimate of drug-likeness (QED) is 0.0573. The highest BCUT2D eigenvalue weighted by Crippen LogP contribution is 2.43. The number of aryl methyl sites for hydroxylation is 1. The summed E-state index contributed by atoms with van der Waals surface area (Å²) in [6.45, 7) is 16.2. The summed E-state index contributed by atoms with van der Waals surface area (Å²) < 4.78 is 63.3. The standard InChI is InChI=1S/C48H76N2O13/c1-42-14-15-45-44(41-42)48(2,46(16-18-49-43-11-7-6-8-12-43)50(45)19-10-5-4-9-13-47(51)52)17-20-54-23-24-56-27-28-58-31-32-60-35-36-62-39-40-63-38-37-61-34-33-59-30-29-57-26-25-55-22-21-53-3/h6-8,11-12,14-16,18,41H,4-5,9-10,13,17,19-40H2,1-3H3,(H,51,52)/p+1. The molecule has 3 rings (SSSR count). The Bertz CT molecular complexity index is 1510. The average molecular weight is 890 g/mol. The number of carboxylic acid groups (broad SMARTS) is 1. The van der Waals surface area contributed by atoms with Crippen molar-refractivity contribution in [2.24, 2.45) is 0 Å². The number of benzene rings is 2. The first-order chi connectivity index (χ1) is 31.0. The molecule has 0 aromatic heterocycles. The summed E-state index contributed by atoms with van der Waals surface area (Å²) in [5, 5.41) is 12.5. The van der Waals surface area contributed by atoms with Crippen LogP contribution < -0.4 is 5.32 Å². The molecule has 15 heteroatoms. The Labute approximate surface area is 376 Å². The number of fused-ring (bicyclic) bond motifs is 1. The van der Waals surface area contributed by atoms with Gasteiger partial charge in [-0.25, -0.2) is 0 Å². The number of para-hydroxylation sites is 1. The van der Waals surface area contributed by atoms with Crippen LogP contribution in [0.25, 0.3) is 0 Å². The molecular formula is C48H77N2O13+. The van der Waals surface area contributed by atoms with Crippen molar-refractivity contribution >= 4 is 23.1 Å². The molecule has 0 spiro atoms. The fourth-order valence-corrected chi connectivity index (χ4v) is 6.82. The Morgan fingerprint density at radius 1 is 0.603 bits per heavy atom. The molecule has 2 aromatic carbocycles. The fraction of sp³-hybridized carbons (Fsp3) is 0.667. The Kier molecular flexibility index (Phi) is 30.8. The molecule has 0 saturated heterocycles. The van der Waals surface area contributed by atoms with Crippen molar-refractivity contribution in [3.05, 3.63) is 71.9 Å². The number of ether oxygens (including phenoxy) is 11. The first-order valence-electron chi connectivity index (χ1n) is 22.7. The molecule has 63 heavy (non-hydrogen) atoms.